The van der Waals surface area contributed by atoms with Gasteiger partial charge in [-0.25, -0.2) is 0 Å². The van der Waals surface area contributed by atoms with E-state index in [1.165, 1.54) is 5.57 Å². The fraction of sp³-hybridized carbons (Fsp3) is 0.857. The summed E-state index contributed by atoms with van der Waals surface area (Å²) in [5, 5.41) is 13.6. The van der Waals surface area contributed by atoms with Crippen molar-refractivity contribution < 1.29 is 24.9 Å². The van der Waals surface area contributed by atoms with Crippen LogP contribution in [0.3, 0.4) is 0 Å². The van der Waals surface area contributed by atoms with Crippen molar-refractivity contribution in [3.8, 4) is 0 Å². The van der Waals surface area contributed by atoms with E-state index in [9.17, 15) is 9.90 Å². The zero-order valence-electron chi connectivity index (χ0n) is 17.0. The number of aliphatic hydroxyl groups excluding tert-OH is 1. The summed E-state index contributed by atoms with van der Waals surface area (Å²) < 4.78 is 5.73. The highest BCUT2D eigenvalue weighted by Crippen LogP contribution is 2.55. The molecule has 6 atom stereocenters. The second kappa shape index (κ2) is 7.99. The molecule has 0 unspecified atom stereocenters. The molecule has 1 saturated carbocycles. The summed E-state index contributed by atoms with van der Waals surface area (Å²) in [6.07, 6.45) is 4.69. The van der Waals surface area contributed by atoms with Crippen LogP contribution < -0.4 is 10.2 Å². The SMILES string of the molecule is CC[NH+](CC)CC[NH2+]C[C@@H]1C(=O)O[C@H]2CC3=CCC[C@H](C)[C@]3(C)[C@@H](O)[C@@H]21. The van der Waals surface area contributed by atoms with Crippen molar-refractivity contribution in [3.05, 3.63) is 11.6 Å². The summed E-state index contributed by atoms with van der Waals surface area (Å²) in [4.78, 5) is 14.1. The molecule has 0 bridgehead atoms. The number of nitrogens with two attached hydrogens (primary N) is 1. The number of rotatable bonds is 7. The van der Waals surface area contributed by atoms with E-state index in [0.717, 1.165) is 52.0 Å². The molecule has 0 aromatic carbocycles. The highest BCUT2D eigenvalue weighted by atomic mass is 16.6. The van der Waals surface area contributed by atoms with Gasteiger partial charge in [0, 0.05) is 17.8 Å². The average Bonchev–Trinajstić information content (AvgIpc) is 2.93. The summed E-state index contributed by atoms with van der Waals surface area (Å²) in [7, 11) is 0. The highest BCUT2D eigenvalue weighted by molar-refractivity contribution is 5.76. The molecule has 1 saturated heterocycles. The number of nitrogens with one attached hydrogen (secondary N) is 1. The first-order chi connectivity index (χ1) is 12.4. The number of quaternary nitrogens is 2. The molecule has 0 spiro atoms. The largest absolute Gasteiger partial charge is 0.461 e. The number of allylic oxidation sites excluding steroid dienone is 1. The van der Waals surface area contributed by atoms with E-state index in [2.05, 4.69) is 39.1 Å². The first-order valence-corrected chi connectivity index (χ1v) is 10.7. The van der Waals surface area contributed by atoms with E-state index in [0.29, 0.717) is 5.92 Å². The van der Waals surface area contributed by atoms with Crippen LogP contribution in [0.5, 0.6) is 0 Å². The molecule has 3 aliphatic rings. The number of hydrogen-bond acceptors (Lipinski definition) is 3. The van der Waals surface area contributed by atoms with Gasteiger partial charge in [-0.1, -0.05) is 25.5 Å². The number of ether oxygens (including phenoxy) is 1. The first-order valence-electron chi connectivity index (χ1n) is 10.7. The van der Waals surface area contributed by atoms with E-state index in [4.69, 9.17) is 4.74 Å². The Hall–Kier alpha value is -0.910. The minimum absolute atomic E-state index is 0.0535. The van der Waals surface area contributed by atoms with E-state index in [1.54, 1.807) is 4.90 Å². The molecule has 0 aromatic rings. The van der Waals surface area contributed by atoms with Crippen molar-refractivity contribution in [3.63, 3.8) is 0 Å². The fourth-order valence-corrected chi connectivity index (χ4v) is 5.54. The zero-order chi connectivity index (χ0) is 18.9. The summed E-state index contributed by atoms with van der Waals surface area (Å²) >= 11 is 0. The van der Waals surface area contributed by atoms with Crippen LogP contribution in [-0.4, -0.2) is 56.0 Å². The van der Waals surface area contributed by atoms with Crippen molar-refractivity contribution >= 4 is 5.97 Å². The van der Waals surface area contributed by atoms with Crippen LogP contribution in [-0.2, 0) is 9.53 Å². The number of fused-ring (bicyclic) bond motifs is 2. The van der Waals surface area contributed by atoms with Crippen molar-refractivity contribution in [2.75, 3.05) is 32.7 Å². The molecule has 3 rings (SSSR count). The summed E-state index contributed by atoms with van der Waals surface area (Å²) in [5.41, 5.74) is 1.12. The van der Waals surface area contributed by atoms with Crippen molar-refractivity contribution in [1.29, 1.82) is 0 Å². The standard InChI is InChI=1S/C21H36N2O3/c1-5-23(6-2)11-10-22-13-16-18-17(26-20(16)25)12-15-9-7-8-14(3)21(15,4)19(18)24/h9,14,16-19,22,24H,5-8,10-13H2,1-4H3/p+2/t14-,16-,17-,18+,19-,21-/m0/s1. The maximum atomic E-state index is 12.5. The molecule has 0 aromatic heterocycles. The van der Waals surface area contributed by atoms with Gasteiger partial charge in [-0.2, -0.15) is 0 Å². The molecule has 2 fully saturated rings. The number of esters is 1. The molecule has 148 valence electrons. The Morgan fingerprint density at radius 3 is 2.81 bits per heavy atom. The molecule has 0 radical (unpaired) electrons. The smallest absolute Gasteiger partial charge is 0.315 e. The van der Waals surface area contributed by atoms with Gasteiger partial charge in [0.15, 0.2) is 0 Å². The van der Waals surface area contributed by atoms with E-state index < -0.39 is 6.10 Å². The van der Waals surface area contributed by atoms with Crippen molar-refractivity contribution in [2.45, 2.75) is 59.2 Å². The number of carbonyl (C=O) groups excluding carboxylic acids is 1. The third kappa shape index (κ3) is 3.34. The molecule has 26 heavy (non-hydrogen) atoms. The normalized spacial score (nSPS) is 39.4. The number of carbonyl (C=O) groups is 1. The lowest BCUT2D eigenvalue weighted by atomic mass is 9.55. The minimum atomic E-state index is -0.485. The van der Waals surface area contributed by atoms with Crippen molar-refractivity contribution in [2.24, 2.45) is 23.2 Å². The zero-order valence-corrected chi connectivity index (χ0v) is 17.0. The van der Waals surface area contributed by atoms with Gasteiger partial charge in [-0.3, -0.25) is 4.79 Å². The second-order valence-electron chi connectivity index (χ2n) is 8.82. The molecule has 4 N–H and O–H groups in total. The van der Waals surface area contributed by atoms with Crippen LogP contribution in [0.15, 0.2) is 11.6 Å². The molecule has 2 aliphatic carbocycles. The Bertz CT molecular complexity index is 545. The van der Waals surface area contributed by atoms with Crippen LogP contribution in [0.25, 0.3) is 0 Å². The van der Waals surface area contributed by atoms with Gasteiger partial charge in [-0.15, -0.1) is 0 Å². The quantitative estimate of drug-likeness (QED) is 0.331. The van der Waals surface area contributed by atoms with Gasteiger partial charge in [0.05, 0.1) is 25.7 Å². The Labute approximate surface area is 158 Å². The van der Waals surface area contributed by atoms with Crippen LogP contribution in [0.1, 0.15) is 47.0 Å². The van der Waals surface area contributed by atoms with E-state index in [1.807, 2.05) is 0 Å². The van der Waals surface area contributed by atoms with Gasteiger partial charge >= 0.3 is 5.97 Å². The highest BCUT2D eigenvalue weighted by Gasteiger charge is 2.60. The number of likely N-dealkylation sites (N-methyl/N-ethyl adjacent to an activating group) is 1. The van der Waals surface area contributed by atoms with Gasteiger partial charge in [-0.05, 0) is 32.6 Å². The lowest BCUT2D eigenvalue weighted by Crippen LogP contribution is -3.14. The molecule has 1 aliphatic heterocycles. The second-order valence-corrected chi connectivity index (χ2v) is 8.82. The monoisotopic (exact) mass is 366 g/mol. The minimum Gasteiger partial charge on any atom is -0.461 e. The van der Waals surface area contributed by atoms with Gasteiger partial charge < -0.3 is 20.1 Å². The van der Waals surface area contributed by atoms with Gasteiger partial charge in [0.25, 0.3) is 0 Å². The van der Waals surface area contributed by atoms with E-state index >= 15 is 0 Å². The molecule has 1 heterocycles. The topological polar surface area (TPSA) is 67.6 Å². The van der Waals surface area contributed by atoms with Crippen LogP contribution >= 0.6 is 0 Å². The summed E-state index contributed by atoms with van der Waals surface area (Å²) in [6.45, 7) is 14.1. The van der Waals surface area contributed by atoms with Gasteiger partial charge in [0.1, 0.15) is 25.1 Å². The Kier molecular flexibility index (Phi) is 6.10. The van der Waals surface area contributed by atoms with Crippen LogP contribution in [0.2, 0.25) is 0 Å². The molecular formula is C21H38N2O3+2. The third-order valence-corrected chi connectivity index (χ3v) is 7.69. The maximum Gasteiger partial charge on any atom is 0.315 e. The lowest BCUT2D eigenvalue weighted by molar-refractivity contribution is -0.909. The fourth-order valence-electron chi connectivity index (χ4n) is 5.54. The lowest BCUT2D eigenvalue weighted by Gasteiger charge is -2.51. The van der Waals surface area contributed by atoms with E-state index in [-0.39, 0.29) is 29.3 Å². The summed E-state index contributed by atoms with van der Waals surface area (Å²) in [5.74, 6) is 0.127. The molecule has 5 nitrogen and oxygen atoms in total. The number of hydrogen-bond donors (Lipinski definition) is 3. The molecule has 5 heteroatoms. The van der Waals surface area contributed by atoms with Crippen LogP contribution in [0, 0.1) is 23.2 Å². The Morgan fingerprint density at radius 2 is 2.12 bits per heavy atom. The number of aliphatic hydroxyl groups is 1. The summed E-state index contributed by atoms with van der Waals surface area (Å²) in [6, 6.07) is 0. The Morgan fingerprint density at radius 1 is 1.38 bits per heavy atom. The Balaban J connectivity index is 1.67. The molecular weight excluding hydrogens is 328 g/mol. The van der Waals surface area contributed by atoms with Crippen LogP contribution in [0.4, 0.5) is 0 Å². The average molecular weight is 367 g/mol. The third-order valence-electron chi connectivity index (χ3n) is 7.69. The predicted octanol–water partition coefficient (Wildman–Crippen LogP) is -0.240. The molecule has 0 amide bonds. The predicted molar refractivity (Wildman–Crippen MR) is 101 cm³/mol. The van der Waals surface area contributed by atoms with Crippen molar-refractivity contribution in [1.82, 2.24) is 0 Å². The maximum absolute atomic E-state index is 12.5. The van der Waals surface area contributed by atoms with Gasteiger partial charge in [0.2, 0.25) is 0 Å². The first kappa shape index (κ1) is 19.8.